The Morgan fingerprint density at radius 3 is 2.81 bits per heavy atom. The fourth-order valence-electron chi connectivity index (χ4n) is 3.45. The Balaban J connectivity index is 1.55. The number of thioether (sulfide) groups is 1. The molecule has 0 aromatic carbocycles. The van der Waals surface area contributed by atoms with Gasteiger partial charge >= 0.3 is 11.9 Å². The van der Waals surface area contributed by atoms with E-state index in [0.717, 1.165) is 16.2 Å². The van der Waals surface area contributed by atoms with Gasteiger partial charge in [0.15, 0.2) is 5.13 Å². The molecule has 1 saturated heterocycles. The van der Waals surface area contributed by atoms with Gasteiger partial charge in [0.2, 0.25) is 0 Å². The van der Waals surface area contributed by atoms with Crippen LogP contribution in [0.5, 0.6) is 0 Å². The van der Waals surface area contributed by atoms with Crippen molar-refractivity contribution in [3.05, 3.63) is 40.3 Å². The van der Waals surface area contributed by atoms with Crippen molar-refractivity contribution in [3.8, 4) is 0 Å². The number of aromatic nitrogens is 1. The zero-order chi connectivity index (χ0) is 23.0. The summed E-state index contributed by atoms with van der Waals surface area (Å²) in [4.78, 5) is 54.1. The molecule has 1 fully saturated rings. The first-order chi connectivity index (χ1) is 15.3. The highest BCUT2D eigenvalue weighted by molar-refractivity contribution is 8.00. The molecule has 2 amide bonds. The van der Waals surface area contributed by atoms with Crippen LogP contribution in [0.15, 0.2) is 34.6 Å². The van der Waals surface area contributed by atoms with Crippen LogP contribution in [0, 0.1) is 0 Å². The van der Waals surface area contributed by atoms with E-state index < -0.39 is 35.2 Å². The summed E-state index contributed by atoms with van der Waals surface area (Å²) in [5.41, 5.74) is 6.26. The van der Waals surface area contributed by atoms with Gasteiger partial charge in [-0.25, -0.2) is 9.78 Å². The first kappa shape index (κ1) is 21.9. The molecule has 11 nitrogen and oxygen atoms in total. The van der Waals surface area contributed by atoms with E-state index in [2.05, 4.69) is 10.3 Å². The molecule has 13 heteroatoms. The molecule has 0 radical (unpaired) electrons. The lowest BCUT2D eigenvalue weighted by Gasteiger charge is -2.49. The number of β-lactam (4-membered cyclic amide) rings is 1. The number of amides is 2. The van der Waals surface area contributed by atoms with Crippen molar-refractivity contribution in [2.75, 3.05) is 24.7 Å². The largest absolute Gasteiger partial charge is 0.489 e. The number of hydrogen-bond donors (Lipinski definition) is 3. The maximum atomic E-state index is 13.1. The molecule has 0 spiro atoms. The van der Waals surface area contributed by atoms with Gasteiger partial charge in [0, 0.05) is 23.6 Å². The van der Waals surface area contributed by atoms with Gasteiger partial charge < -0.3 is 25.6 Å². The Kier molecular flexibility index (Phi) is 5.93. The summed E-state index contributed by atoms with van der Waals surface area (Å²) in [5.74, 6) is -2.47. The first-order valence-electron chi connectivity index (χ1n) is 9.37. The number of ether oxygens (including phenoxy) is 2. The van der Waals surface area contributed by atoms with E-state index in [1.807, 2.05) is 0 Å². The van der Waals surface area contributed by atoms with Crippen molar-refractivity contribution in [2.45, 2.75) is 18.3 Å². The van der Waals surface area contributed by atoms with Crippen molar-refractivity contribution in [2.24, 2.45) is 0 Å². The van der Waals surface area contributed by atoms with Gasteiger partial charge in [0.25, 0.3) is 11.8 Å². The molecular formula is C19H18N4O7S2. The second kappa shape index (κ2) is 8.67. The van der Waals surface area contributed by atoms with Crippen molar-refractivity contribution in [1.82, 2.24) is 15.2 Å². The van der Waals surface area contributed by atoms with E-state index in [0.29, 0.717) is 23.6 Å². The lowest BCUT2D eigenvalue weighted by molar-refractivity contribution is -0.150. The summed E-state index contributed by atoms with van der Waals surface area (Å²) >= 11 is 2.44. The minimum absolute atomic E-state index is 0.142. The molecule has 0 saturated carbocycles. The molecule has 0 aliphatic carbocycles. The fraction of sp³-hybridized carbons (Fsp3) is 0.316. The van der Waals surface area contributed by atoms with Crippen molar-refractivity contribution >= 4 is 57.6 Å². The molecule has 4 rings (SSSR count). The Labute approximate surface area is 189 Å². The summed E-state index contributed by atoms with van der Waals surface area (Å²) in [6.45, 7) is 1.30. The maximum absolute atomic E-state index is 13.1. The number of carbonyl (C=O) groups is 4. The molecule has 4 heterocycles. The molecule has 2 atom stereocenters. The van der Waals surface area contributed by atoms with Gasteiger partial charge in [0.1, 0.15) is 41.7 Å². The summed E-state index contributed by atoms with van der Waals surface area (Å²) < 4.78 is 10.4. The minimum Gasteiger partial charge on any atom is -0.489 e. The van der Waals surface area contributed by atoms with Crippen molar-refractivity contribution in [1.29, 1.82) is 0 Å². The van der Waals surface area contributed by atoms with Crippen molar-refractivity contribution in [3.63, 3.8) is 0 Å². The van der Waals surface area contributed by atoms with Gasteiger partial charge in [-0.15, -0.1) is 23.1 Å². The number of carboxylic acids is 1. The molecule has 1 aromatic heterocycles. The van der Waals surface area contributed by atoms with Crippen LogP contribution >= 0.6 is 23.1 Å². The van der Waals surface area contributed by atoms with E-state index in [-0.39, 0.29) is 28.8 Å². The minimum atomic E-state index is -1.30. The number of hydrogen-bond acceptors (Lipinski definition) is 10. The lowest BCUT2D eigenvalue weighted by atomic mass is 10.0. The predicted octanol–water partition coefficient (Wildman–Crippen LogP) is 0.325. The number of fused-ring (bicyclic) bond motifs is 1. The molecule has 1 unspecified atom stereocenters. The number of nitrogens with one attached hydrogen (secondary N) is 1. The van der Waals surface area contributed by atoms with Crippen LogP contribution < -0.4 is 11.1 Å². The van der Waals surface area contributed by atoms with E-state index in [4.69, 9.17) is 15.2 Å². The Morgan fingerprint density at radius 1 is 1.44 bits per heavy atom. The van der Waals surface area contributed by atoms with Gasteiger partial charge in [-0.05, 0) is 12.2 Å². The molecule has 4 N–H and O–H groups in total. The molecule has 1 aromatic rings. The van der Waals surface area contributed by atoms with Gasteiger partial charge in [-0.1, -0.05) is 0 Å². The van der Waals surface area contributed by atoms with Crippen LogP contribution in [0.2, 0.25) is 0 Å². The Morgan fingerprint density at radius 2 is 2.22 bits per heavy atom. The Bertz CT molecular complexity index is 1110. The number of nitrogen functional groups attached to an aromatic ring is 1. The average Bonchev–Trinajstić information content (AvgIpc) is 3.42. The number of esters is 1. The standard InChI is InChI=1S/C19H18N4O7S2/c1-8(24)30-5-9-6-31-17-13(16(26)23(17)14(9)18(27)28)22-15(25)12(11-3-2-4-29-11)10-7-32-19(20)21-10/h2-3,7,13,17H,4-6H2,1H3,(H2,20,21)(H,22,25)(H,27,28)/b12-11-/t13?,17-/m0/s1. The molecule has 3 aliphatic rings. The van der Waals surface area contributed by atoms with E-state index in [1.165, 1.54) is 18.7 Å². The number of carboxylic acid groups (broad SMARTS) is 1. The van der Waals surface area contributed by atoms with Crippen LogP contribution in [-0.2, 0) is 28.7 Å². The number of anilines is 1. The average molecular weight is 479 g/mol. The number of aliphatic carboxylic acids is 1. The third kappa shape index (κ3) is 3.96. The normalized spacial score (nSPS) is 23.3. The highest BCUT2D eigenvalue weighted by Crippen LogP contribution is 2.40. The third-order valence-electron chi connectivity index (χ3n) is 4.84. The number of thiazole rings is 1. The van der Waals surface area contributed by atoms with Crippen molar-refractivity contribution < 1.29 is 33.8 Å². The van der Waals surface area contributed by atoms with E-state index >= 15 is 0 Å². The van der Waals surface area contributed by atoms with Gasteiger partial charge in [0.05, 0.1) is 5.69 Å². The quantitative estimate of drug-likeness (QED) is 0.295. The number of nitrogens with two attached hydrogens (primary N) is 1. The summed E-state index contributed by atoms with van der Waals surface area (Å²) in [5, 5.41) is 13.6. The van der Waals surface area contributed by atoms with Gasteiger partial charge in [-0.3, -0.25) is 19.3 Å². The fourth-order valence-corrected chi connectivity index (χ4v) is 5.33. The van der Waals surface area contributed by atoms with Gasteiger partial charge in [-0.2, -0.15) is 0 Å². The smallest absolute Gasteiger partial charge is 0.352 e. The maximum Gasteiger partial charge on any atom is 0.352 e. The Hall–Kier alpha value is -3.32. The third-order valence-corrected chi connectivity index (χ3v) is 6.86. The number of rotatable bonds is 6. The van der Waals surface area contributed by atoms with Crippen LogP contribution in [0.4, 0.5) is 5.13 Å². The second-order valence-electron chi connectivity index (χ2n) is 6.92. The summed E-state index contributed by atoms with van der Waals surface area (Å²) in [6.07, 6.45) is 3.38. The van der Waals surface area contributed by atoms with E-state index in [1.54, 1.807) is 17.5 Å². The van der Waals surface area contributed by atoms with Crippen LogP contribution in [0.25, 0.3) is 5.57 Å². The molecule has 168 valence electrons. The summed E-state index contributed by atoms with van der Waals surface area (Å²) in [6, 6.07) is -0.936. The first-order valence-corrected chi connectivity index (χ1v) is 11.3. The molecule has 32 heavy (non-hydrogen) atoms. The molecule has 0 bridgehead atoms. The number of nitrogens with zero attached hydrogens (tertiary/aromatic N) is 2. The van der Waals surface area contributed by atoms with E-state index in [9.17, 15) is 24.3 Å². The number of carbonyl (C=O) groups excluding carboxylic acids is 3. The molecular weight excluding hydrogens is 460 g/mol. The van der Waals surface area contributed by atoms with Crippen LogP contribution in [-0.4, -0.2) is 69.1 Å². The lowest BCUT2D eigenvalue weighted by Crippen LogP contribution is -2.70. The predicted molar refractivity (Wildman–Crippen MR) is 115 cm³/mol. The SMILES string of the molecule is CC(=O)OCC1=C(C(=O)O)N2C(=O)C(NC(=O)/C(=C3/C=CCO3)c3csc(N)n3)[C@@H]2SC1. The summed E-state index contributed by atoms with van der Waals surface area (Å²) in [7, 11) is 0. The highest BCUT2D eigenvalue weighted by atomic mass is 32.2. The van der Waals surface area contributed by atoms with Crippen LogP contribution in [0.1, 0.15) is 12.6 Å². The number of allylic oxidation sites excluding steroid dienone is 1. The monoisotopic (exact) mass is 478 g/mol. The second-order valence-corrected chi connectivity index (χ2v) is 8.92. The van der Waals surface area contributed by atoms with Crippen LogP contribution in [0.3, 0.4) is 0 Å². The molecule has 3 aliphatic heterocycles. The topological polar surface area (TPSA) is 161 Å². The zero-order valence-corrected chi connectivity index (χ0v) is 18.3. The zero-order valence-electron chi connectivity index (χ0n) is 16.7. The highest BCUT2D eigenvalue weighted by Gasteiger charge is 2.54.